The first-order valence-corrected chi connectivity index (χ1v) is 7.87. The molecule has 2 aromatic rings. The lowest BCUT2D eigenvalue weighted by molar-refractivity contribution is 1.09. The standard InChI is InChI=1S/C9H9NS.C3H8.2C2H6/c1-6-5-11-9-4-10-7(2)3-8(6)9;1-3-2;2*1-2/h3-5H,1-2H3;3H2,1-2H3;2*1-2H3. The molecular weight excluding hydrogens is 238 g/mol. The summed E-state index contributed by atoms with van der Waals surface area (Å²) in [5.74, 6) is 0. The third-order valence-corrected chi connectivity index (χ3v) is 2.84. The van der Waals surface area contributed by atoms with Crippen molar-refractivity contribution in [3.05, 3.63) is 28.9 Å². The summed E-state index contributed by atoms with van der Waals surface area (Å²) in [6.45, 7) is 16.4. The predicted octanol–water partition coefficient (Wildman–Crippen LogP) is 6.38. The van der Waals surface area contributed by atoms with Crippen LogP contribution in [-0.2, 0) is 0 Å². The van der Waals surface area contributed by atoms with Crippen molar-refractivity contribution in [2.24, 2.45) is 0 Å². The Hall–Kier alpha value is -0.890. The van der Waals surface area contributed by atoms with Crippen molar-refractivity contribution in [3.63, 3.8) is 0 Å². The van der Waals surface area contributed by atoms with E-state index in [1.54, 1.807) is 11.3 Å². The van der Waals surface area contributed by atoms with E-state index in [2.05, 4.69) is 37.2 Å². The van der Waals surface area contributed by atoms with Crippen molar-refractivity contribution in [1.82, 2.24) is 4.98 Å². The van der Waals surface area contributed by atoms with Gasteiger partial charge in [0, 0.05) is 11.9 Å². The molecule has 0 aliphatic carbocycles. The number of fused-ring (bicyclic) bond motifs is 1. The summed E-state index contributed by atoms with van der Waals surface area (Å²) < 4.78 is 1.29. The van der Waals surface area contributed by atoms with Gasteiger partial charge < -0.3 is 0 Å². The quantitative estimate of drug-likeness (QED) is 0.539. The highest BCUT2D eigenvalue weighted by atomic mass is 32.1. The SMILES string of the molecule is CC.CC.CCC.Cc1cc2c(C)csc2cn1. The summed E-state index contributed by atoms with van der Waals surface area (Å²) in [5.41, 5.74) is 2.45. The molecule has 0 radical (unpaired) electrons. The normalized spacial score (nSPS) is 8.22. The molecule has 0 spiro atoms. The van der Waals surface area contributed by atoms with E-state index in [9.17, 15) is 0 Å². The van der Waals surface area contributed by atoms with E-state index >= 15 is 0 Å². The van der Waals surface area contributed by atoms with Gasteiger partial charge in [-0.2, -0.15) is 0 Å². The second-order valence-electron chi connectivity index (χ2n) is 3.45. The van der Waals surface area contributed by atoms with Crippen LogP contribution >= 0.6 is 11.3 Å². The zero-order valence-corrected chi connectivity index (χ0v) is 14.1. The number of aromatic nitrogens is 1. The number of hydrogen-bond donors (Lipinski definition) is 0. The fraction of sp³-hybridized carbons (Fsp3) is 0.562. The molecule has 0 atom stereocenters. The van der Waals surface area contributed by atoms with Gasteiger partial charge in [0.25, 0.3) is 0 Å². The Morgan fingerprint density at radius 1 is 1.06 bits per heavy atom. The van der Waals surface area contributed by atoms with Gasteiger partial charge in [0.1, 0.15) is 0 Å². The summed E-state index contributed by atoms with van der Waals surface area (Å²) in [5, 5.41) is 3.52. The Morgan fingerprint density at radius 2 is 1.56 bits per heavy atom. The van der Waals surface area contributed by atoms with Crippen molar-refractivity contribution in [2.45, 2.75) is 61.8 Å². The predicted molar refractivity (Wildman–Crippen MR) is 87.8 cm³/mol. The van der Waals surface area contributed by atoms with Crippen LogP contribution in [0.2, 0.25) is 0 Å². The smallest absolute Gasteiger partial charge is 0.0529 e. The lowest BCUT2D eigenvalue weighted by atomic mass is 10.2. The Balaban J connectivity index is 0. The van der Waals surface area contributed by atoms with Gasteiger partial charge in [-0.25, -0.2) is 0 Å². The Morgan fingerprint density at radius 3 is 2.06 bits per heavy atom. The monoisotopic (exact) mass is 267 g/mol. The van der Waals surface area contributed by atoms with E-state index in [1.165, 1.54) is 22.1 Å². The Bertz CT molecular complexity index is 404. The van der Waals surface area contributed by atoms with Crippen molar-refractivity contribution < 1.29 is 0 Å². The highest BCUT2D eigenvalue weighted by molar-refractivity contribution is 7.17. The number of thiophene rings is 1. The van der Waals surface area contributed by atoms with Crippen LogP contribution in [0.15, 0.2) is 17.6 Å². The third kappa shape index (κ3) is 6.75. The molecule has 2 heterocycles. The average molecular weight is 267 g/mol. The second-order valence-corrected chi connectivity index (χ2v) is 4.36. The molecule has 0 unspecified atom stereocenters. The fourth-order valence-corrected chi connectivity index (χ4v) is 2.06. The van der Waals surface area contributed by atoms with E-state index in [0.29, 0.717) is 0 Å². The maximum atomic E-state index is 4.23. The molecule has 18 heavy (non-hydrogen) atoms. The largest absolute Gasteiger partial charge is 0.260 e. The first kappa shape index (κ1) is 19.4. The summed E-state index contributed by atoms with van der Waals surface area (Å²) >= 11 is 1.76. The number of pyridine rings is 1. The molecule has 2 aromatic heterocycles. The van der Waals surface area contributed by atoms with E-state index in [-0.39, 0.29) is 0 Å². The van der Waals surface area contributed by atoms with Crippen LogP contribution in [0.1, 0.15) is 59.2 Å². The lowest BCUT2D eigenvalue weighted by Gasteiger charge is -1.92. The second kappa shape index (κ2) is 12.6. The van der Waals surface area contributed by atoms with E-state index < -0.39 is 0 Å². The van der Waals surface area contributed by atoms with Gasteiger partial charge in [-0.3, -0.25) is 4.98 Å². The van der Waals surface area contributed by atoms with Crippen molar-refractivity contribution in [1.29, 1.82) is 0 Å². The molecule has 0 bridgehead atoms. The fourth-order valence-electron chi connectivity index (χ4n) is 1.16. The minimum atomic E-state index is 1.10. The van der Waals surface area contributed by atoms with E-state index in [4.69, 9.17) is 0 Å². The minimum Gasteiger partial charge on any atom is -0.260 e. The van der Waals surface area contributed by atoms with Crippen LogP contribution in [0, 0.1) is 13.8 Å². The molecule has 0 aliphatic rings. The first-order chi connectivity index (χ1) is 8.69. The molecule has 0 saturated carbocycles. The van der Waals surface area contributed by atoms with Gasteiger partial charge in [-0.05, 0) is 36.2 Å². The highest BCUT2D eigenvalue weighted by Crippen LogP contribution is 2.24. The van der Waals surface area contributed by atoms with Crippen molar-refractivity contribution in [2.75, 3.05) is 0 Å². The summed E-state index contributed by atoms with van der Waals surface area (Å²) in [6.07, 6.45) is 3.20. The number of aryl methyl sites for hydroxylation is 2. The molecule has 2 heteroatoms. The molecule has 104 valence electrons. The van der Waals surface area contributed by atoms with Crippen LogP contribution in [0.25, 0.3) is 10.1 Å². The molecule has 0 aliphatic heterocycles. The summed E-state index contributed by atoms with van der Waals surface area (Å²) in [4.78, 5) is 4.23. The minimum absolute atomic E-state index is 1.10. The maximum Gasteiger partial charge on any atom is 0.0529 e. The Labute approximate surface area is 117 Å². The maximum absolute atomic E-state index is 4.23. The van der Waals surface area contributed by atoms with Crippen LogP contribution in [0.5, 0.6) is 0 Å². The van der Waals surface area contributed by atoms with E-state index in [0.717, 1.165) is 5.69 Å². The van der Waals surface area contributed by atoms with E-state index in [1.807, 2.05) is 40.8 Å². The van der Waals surface area contributed by atoms with Gasteiger partial charge in [0.2, 0.25) is 0 Å². The molecule has 0 aromatic carbocycles. The van der Waals surface area contributed by atoms with Crippen LogP contribution < -0.4 is 0 Å². The first-order valence-electron chi connectivity index (χ1n) is 6.99. The van der Waals surface area contributed by atoms with Gasteiger partial charge in [0.05, 0.1) is 4.70 Å². The molecule has 0 fully saturated rings. The molecule has 0 amide bonds. The Kier molecular flexibility index (Phi) is 13.6. The van der Waals surface area contributed by atoms with Crippen molar-refractivity contribution in [3.8, 4) is 0 Å². The zero-order valence-electron chi connectivity index (χ0n) is 13.3. The van der Waals surface area contributed by atoms with Gasteiger partial charge in [-0.15, -0.1) is 11.3 Å². The number of rotatable bonds is 0. The van der Waals surface area contributed by atoms with Crippen molar-refractivity contribution >= 4 is 21.4 Å². The van der Waals surface area contributed by atoms with Gasteiger partial charge >= 0.3 is 0 Å². The summed E-state index contributed by atoms with van der Waals surface area (Å²) in [6, 6.07) is 2.14. The lowest BCUT2D eigenvalue weighted by Crippen LogP contribution is -1.77. The molecule has 1 nitrogen and oxygen atoms in total. The zero-order chi connectivity index (χ0) is 14.6. The summed E-state index contributed by atoms with van der Waals surface area (Å²) in [7, 11) is 0. The van der Waals surface area contributed by atoms with Crippen LogP contribution in [0.4, 0.5) is 0 Å². The molecular formula is C16H29NS. The van der Waals surface area contributed by atoms with Crippen LogP contribution in [-0.4, -0.2) is 4.98 Å². The van der Waals surface area contributed by atoms with Gasteiger partial charge in [-0.1, -0.05) is 48.0 Å². The topological polar surface area (TPSA) is 12.9 Å². The number of nitrogens with zero attached hydrogens (tertiary/aromatic N) is 1. The van der Waals surface area contributed by atoms with Gasteiger partial charge in [0.15, 0.2) is 0 Å². The van der Waals surface area contributed by atoms with Crippen LogP contribution in [0.3, 0.4) is 0 Å². The highest BCUT2D eigenvalue weighted by Gasteiger charge is 1.98. The molecule has 0 saturated heterocycles. The molecule has 0 N–H and O–H groups in total. The average Bonchev–Trinajstić information content (AvgIpc) is 2.77. The molecule has 2 rings (SSSR count). The third-order valence-electron chi connectivity index (χ3n) is 1.79. The number of hydrogen-bond acceptors (Lipinski definition) is 2.